The van der Waals surface area contributed by atoms with E-state index in [1.54, 1.807) is 6.20 Å². The third-order valence-electron chi connectivity index (χ3n) is 3.32. The van der Waals surface area contributed by atoms with Crippen LogP contribution >= 0.6 is 11.6 Å². The number of rotatable bonds is 3. The van der Waals surface area contributed by atoms with Gasteiger partial charge in [-0.25, -0.2) is 0 Å². The first-order valence-electron chi connectivity index (χ1n) is 6.21. The Morgan fingerprint density at radius 2 is 2.33 bits per heavy atom. The number of hydrogen-bond donors (Lipinski definition) is 1. The van der Waals surface area contributed by atoms with E-state index in [1.807, 2.05) is 24.3 Å². The molecule has 0 bridgehead atoms. The molecule has 1 saturated heterocycles. The Labute approximate surface area is 111 Å². The number of nitrogens with one attached hydrogen (secondary N) is 1. The minimum absolute atomic E-state index is 0.597. The van der Waals surface area contributed by atoms with Crippen molar-refractivity contribution in [2.24, 2.45) is 5.92 Å². The van der Waals surface area contributed by atoms with Crippen molar-refractivity contribution in [3.8, 4) is 5.75 Å². The number of nitrogens with zero attached hydrogens (tertiary/aromatic N) is 1. The quantitative estimate of drug-likeness (QED) is 0.924. The number of pyridine rings is 1. The molecule has 4 heteroatoms. The highest BCUT2D eigenvalue weighted by molar-refractivity contribution is 6.35. The fraction of sp³-hybridized carbons (Fsp3) is 0.357. The van der Waals surface area contributed by atoms with Gasteiger partial charge in [-0.05, 0) is 37.2 Å². The van der Waals surface area contributed by atoms with E-state index in [1.165, 1.54) is 6.42 Å². The zero-order valence-electron chi connectivity index (χ0n) is 10.0. The van der Waals surface area contributed by atoms with Crippen LogP contribution in [-0.2, 0) is 0 Å². The van der Waals surface area contributed by atoms with Crippen LogP contribution in [0.15, 0.2) is 30.5 Å². The average Bonchev–Trinajstić information content (AvgIpc) is 2.92. The molecule has 0 aliphatic carbocycles. The molecule has 18 heavy (non-hydrogen) atoms. The maximum absolute atomic E-state index is 6.15. The van der Waals surface area contributed by atoms with Crippen LogP contribution in [0.3, 0.4) is 0 Å². The second-order valence-electron chi connectivity index (χ2n) is 4.61. The van der Waals surface area contributed by atoms with Gasteiger partial charge >= 0.3 is 0 Å². The Bertz CT molecular complexity index is 552. The SMILES string of the molecule is Clc1ccc(OC[C@@H]2CCNC2)c2ncccc12. The second-order valence-corrected chi connectivity index (χ2v) is 5.02. The van der Waals surface area contributed by atoms with Gasteiger partial charge in [0, 0.05) is 24.0 Å². The van der Waals surface area contributed by atoms with Crippen LogP contribution in [0.25, 0.3) is 10.9 Å². The van der Waals surface area contributed by atoms with Crippen LogP contribution < -0.4 is 10.1 Å². The summed E-state index contributed by atoms with van der Waals surface area (Å²) in [5.74, 6) is 1.42. The number of benzene rings is 1. The number of halogens is 1. The maximum atomic E-state index is 6.15. The highest BCUT2D eigenvalue weighted by Gasteiger charge is 2.16. The number of hydrogen-bond acceptors (Lipinski definition) is 3. The summed E-state index contributed by atoms with van der Waals surface area (Å²) in [6, 6.07) is 7.63. The highest BCUT2D eigenvalue weighted by atomic mass is 35.5. The summed E-state index contributed by atoms with van der Waals surface area (Å²) in [7, 11) is 0. The number of ether oxygens (including phenoxy) is 1. The Kier molecular flexibility index (Phi) is 3.35. The van der Waals surface area contributed by atoms with Crippen molar-refractivity contribution in [1.29, 1.82) is 0 Å². The van der Waals surface area contributed by atoms with Crippen LogP contribution in [0.5, 0.6) is 5.75 Å². The number of fused-ring (bicyclic) bond motifs is 1. The van der Waals surface area contributed by atoms with Gasteiger partial charge in [-0.3, -0.25) is 4.98 Å². The lowest BCUT2D eigenvalue weighted by Gasteiger charge is -2.12. The Morgan fingerprint density at radius 1 is 1.39 bits per heavy atom. The van der Waals surface area contributed by atoms with Crippen LogP contribution in [-0.4, -0.2) is 24.7 Å². The van der Waals surface area contributed by atoms with E-state index < -0.39 is 0 Å². The molecule has 1 aliphatic heterocycles. The van der Waals surface area contributed by atoms with Crippen LogP contribution in [0, 0.1) is 5.92 Å². The first kappa shape index (κ1) is 11.8. The second kappa shape index (κ2) is 5.12. The predicted octanol–water partition coefficient (Wildman–Crippen LogP) is 2.88. The molecule has 1 N–H and O–H groups in total. The fourth-order valence-corrected chi connectivity index (χ4v) is 2.51. The molecule has 1 aliphatic rings. The summed E-state index contributed by atoms with van der Waals surface area (Å²) in [5, 5.41) is 5.00. The van der Waals surface area contributed by atoms with Crippen molar-refractivity contribution in [1.82, 2.24) is 10.3 Å². The van der Waals surface area contributed by atoms with Crippen LogP contribution in [0.2, 0.25) is 5.02 Å². The third-order valence-corrected chi connectivity index (χ3v) is 3.65. The lowest BCUT2D eigenvalue weighted by atomic mass is 10.1. The molecule has 3 rings (SSSR count). The molecule has 0 spiro atoms. The van der Waals surface area contributed by atoms with E-state index in [2.05, 4.69) is 10.3 Å². The molecule has 1 aromatic carbocycles. The summed E-state index contributed by atoms with van der Waals surface area (Å²) < 4.78 is 5.90. The summed E-state index contributed by atoms with van der Waals surface area (Å²) in [6.07, 6.45) is 2.95. The third kappa shape index (κ3) is 2.28. The van der Waals surface area contributed by atoms with Crippen molar-refractivity contribution in [3.05, 3.63) is 35.5 Å². The predicted molar refractivity (Wildman–Crippen MR) is 73.2 cm³/mol. The van der Waals surface area contributed by atoms with Crippen molar-refractivity contribution >= 4 is 22.5 Å². The topological polar surface area (TPSA) is 34.1 Å². The molecule has 1 fully saturated rings. The first-order chi connectivity index (χ1) is 8.84. The molecule has 0 amide bonds. The Balaban J connectivity index is 1.85. The highest BCUT2D eigenvalue weighted by Crippen LogP contribution is 2.30. The lowest BCUT2D eigenvalue weighted by Crippen LogP contribution is -2.15. The molecule has 1 atom stereocenters. The van der Waals surface area contributed by atoms with Crippen molar-refractivity contribution in [2.45, 2.75) is 6.42 Å². The zero-order chi connectivity index (χ0) is 12.4. The minimum Gasteiger partial charge on any atom is -0.491 e. The molecule has 2 heterocycles. The molecule has 3 nitrogen and oxygen atoms in total. The molecule has 1 aromatic heterocycles. The summed E-state index contributed by atoms with van der Waals surface area (Å²) in [4.78, 5) is 4.36. The van der Waals surface area contributed by atoms with Crippen molar-refractivity contribution in [3.63, 3.8) is 0 Å². The van der Waals surface area contributed by atoms with Crippen LogP contribution in [0.1, 0.15) is 6.42 Å². The monoisotopic (exact) mass is 262 g/mol. The van der Waals surface area contributed by atoms with E-state index in [0.717, 1.165) is 36.3 Å². The van der Waals surface area contributed by atoms with Crippen molar-refractivity contribution in [2.75, 3.05) is 19.7 Å². The van der Waals surface area contributed by atoms with E-state index in [-0.39, 0.29) is 0 Å². The molecule has 94 valence electrons. The Morgan fingerprint density at radius 3 is 3.17 bits per heavy atom. The van der Waals surface area contributed by atoms with Crippen molar-refractivity contribution < 1.29 is 4.74 Å². The van der Waals surface area contributed by atoms with Gasteiger partial charge in [-0.2, -0.15) is 0 Å². The molecule has 0 unspecified atom stereocenters. The lowest BCUT2D eigenvalue weighted by molar-refractivity contribution is 0.262. The minimum atomic E-state index is 0.597. The van der Waals surface area contributed by atoms with E-state index in [0.29, 0.717) is 10.9 Å². The number of aromatic nitrogens is 1. The van der Waals surface area contributed by atoms with E-state index >= 15 is 0 Å². The average molecular weight is 263 g/mol. The first-order valence-corrected chi connectivity index (χ1v) is 6.59. The maximum Gasteiger partial charge on any atom is 0.145 e. The van der Waals surface area contributed by atoms with E-state index in [9.17, 15) is 0 Å². The van der Waals surface area contributed by atoms with Gasteiger partial charge in [0.1, 0.15) is 11.3 Å². The smallest absolute Gasteiger partial charge is 0.145 e. The molecule has 2 aromatic rings. The molecule has 0 radical (unpaired) electrons. The summed E-state index contributed by atoms with van der Waals surface area (Å²) >= 11 is 6.15. The van der Waals surface area contributed by atoms with Gasteiger partial charge in [0.15, 0.2) is 0 Å². The van der Waals surface area contributed by atoms with Gasteiger partial charge in [0.05, 0.1) is 11.6 Å². The molecular weight excluding hydrogens is 248 g/mol. The Hall–Kier alpha value is -1.32. The molecular formula is C14H15ClN2O. The summed E-state index contributed by atoms with van der Waals surface area (Å²) in [6.45, 7) is 2.87. The van der Waals surface area contributed by atoms with Crippen LogP contribution in [0.4, 0.5) is 0 Å². The van der Waals surface area contributed by atoms with Gasteiger partial charge in [-0.15, -0.1) is 0 Å². The van der Waals surface area contributed by atoms with Gasteiger partial charge in [-0.1, -0.05) is 11.6 Å². The zero-order valence-corrected chi connectivity index (χ0v) is 10.8. The van der Waals surface area contributed by atoms with Gasteiger partial charge < -0.3 is 10.1 Å². The largest absolute Gasteiger partial charge is 0.491 e. The van der Waals surface area contributed by atoms with Gasteiger partial charge in [0.2, 0.25) is 0 Å². The van der Waals surface area contributed by atoms with E-state index in [4.69, 9.17) is 16.3 Å². The summed E-state index contributed by atoms with van der Waals surface area (Å²) in [5.41, 5.74) is 0.843. The standard InChI is InChI=1S/C14H15ClN2O/c15-12-3-4-13(14-11(12)2-1-6-17-14)18-9-10-5-7-16-8-10/h1-4,6,10,16H,5,7-9H2/t10-/m1/s1. The van der Waals surface area contributed by atoms with Gasteiger partial charge in [0.25, 0.3) is 0 Å². The normalized spacial score (nSPS) is 19.3. The fourth-order valence-electron chi connectivity index (χ4n) is 2.29. The molecule has 0 saturated carbocycles.